The molecule has 0 aliphatic carbocycles. The molecule has 1 aromatic carbocycles. The molecule has 5 nitrogen and oxygen atoms in total. The van der Waals surface area contributed by atoms with Crippen molar-refractivity contribution in [2.75, 3.05) is 18.5 Å². The van der Waals surface area contributed by atoms with Crippen LogP contribution in [0.5, 0.6) is 0 Å². The molecule has 1 saturated heterocycles. The molecule has 94 valence electrons. The molecular formula is C13H15N3O2. The number of carbonyl (C=O) groups excluding carboxylic acids is 1. The SMILES string of the molecule is O=C(Nc1cccc2[nH]ncc12)C1CCOCC1. The number of hydrogen-bond acceptors (Lipinski definition) is 3. The van der Waals surface area contributed by atoms with Crippen LogP contribution in [0.3, 0.4) is 0 Å². The summed E-state index contributed by atoms with van der Waals surface area (Å²) >= 11 is 0. The summed E-state index contributed by atoms with van der Waals surface area (Å²) in [7, 11) is 0. The van der Waals surface area contributed by atoms with Crippen molar-refractivity contribution in [3.8, 4) is 0 Å². The third-order valence-corrected chi connectivity index (χ3v) is 3.33. The zero-order valence-electron chi connectivity index (χ0n) is 9.98. The van der Waals surface area contributed by atoms with Gasteiger partial charge in [-0.15, -0.1) is 0 Å². The first kappa shape index (κ1) is 11.2. The molecule has 18 heavy (non-hydrogen) atoms. The maximum absolute atomic E-state index is 12.1. The van der Waals surface area contributed by atoms with Crippen molar-refractivity contribution in [1.82, 2.24) is 10.2 Å². The number of aromatic nitrogens is 2. The van der Waals surface area contributed by atoms with E-state index < -0.39 is 0 Å². The van der Waals surface area contributed by atoms with E-state index in [1.54, 1.807) is 6.20 Å². The van der Waals surface area contributed by atoms with Gasteiger partial charge in [0.15, 0.2) is 0 Å². The van der Waals surface area contributed by atoms with Crippen LogP contribution in [0.1, 0.15) is 12.8 Å². The van der Waals surface area contributed by atoms with Crippen molar-refractivity contribution in [3.63, 3.8) is 0 Å². The van der Waals surface area contributed by atoms with Crippen molar-refractivity contribution >= 4 is 22.5 Å². The number of hydrogen-bond donors (Lipinski definition) is 2. The van der Waals surface area contributed by atoms with Gasteiger partial charge in [0.05, 0.1) is 17.4 Å². The Kier molecular flexibility index (Phi) is 2.98. The van der Waals surface area contributed by atoms with Crippen LogP contribution in [-0.4, -0.2) is 29.3 Å². The number of ether oxygens (including phenoxy) is 1. The fourth-order valence-electron chi connectivity index (χ4n) is 2.27. The summed E-state index contributed by atoms with van der Waals surface area (Å²) in [5, 5.41) is 10.8. The molecule has 1 fully saturated rings. The van der Waals surface area contributed by atoms with E-state index in [1.165, 1.54) is 0 Å². The van der Waals surface area contributed by atoms with Gasteiger partial charge < -0.3 is 10.1 Å². The predicted octanol–water partition coefficient (Wildman–Crippen LogP) is 1.93. The van der Waals surface area contributed by atoms with Crippen molar-refractivity contribution in [2.24, 2.45) is 5.92 Å². The Balaban J connectivity index is 1.79. The normalized spacial score (nSPS) is 16.9. The smallest absolute Gasteiger partial charge is 0.227 e. The molecule has 0 spiro atoms. The molecular weight excluding hydrogens is 230 g/mol. The van der Waals surface area contributed by atoms with Crippen molar-refractivity contribution < 1.29 is 9.53 Å². The van der Waals surface area contributed by atoms with Crippen LogP contribution in [0.15, 0.2) is 24.4 Å². The fraction of sp³-hybridized carbons (Fsp3) is 0.385. The van der Waals surface area contributed by atoms with E-state index in [4.69, 9.17) is 4.74 Å². The minimum atomic E-state index is 0.0564. The van der Waals surface area contributed by atoms with Gasteiger partial charge in [-0.2, -0.15) is 5.10 Å². The molecule has 1 aromatic heterocycles. The first-order chi connectivity index (χ1) is 8.84. The number of H-pyrrole nitrogens is 1. The Hall–Kier alpha value is -1.88. The first-order valence-electron chi connectivity index (χ1n) is 6.15. The molecule has 0 atom stereocenters. The molecule has 2 N–H and O–H groups in total. The van der Waals surface area contributed by atoms with Crippen LogP contribution in [0.2, 0.25) is 0 Å². The van der Waals surface area contributed by atoms with Gasteiger partial charge in [-0.1, -0.05) is 6.07 Å². The Morgan fingerprint density at radius 2 is 2.22 bits per heavy atom. The minimum Gasteiger partial charge on any atom is -0.381 e. The topological polar surface area (TPSA) is 67.0 Å². The summed E-state index contributed by atoms with van der Waals surface area (Å²) in [6.45, 7) is 1.35. The zero-order chi connectivity index (χ0) is 12.4. The zero-order valence-corrected chi connectivity index (χ0v) is 9.98. The van der Waals surface area contributed by atoms with Gasteiger partial charge in [0, 0.05) is 24.5 Å². The van der Waals surface area contributed by atoms with Crippen LogP contribution < -0.4 is 5.32 Å². The van der Waals surface area contributed by atoms with E-state index in [0.29, 0.717) is 13.2 Å². The van der Waals surface area contributed by atoms with Gasteiger partial charge in [-0.05, 0) is 25.0 Å². The summed E-state index contributed by atoms with van der Waals surface area (Å²) in [6.07, 6.45) is 3.33. The molecule has 1 aliphatic heterocycles. The number of carbonyl (C=O) groups is 1. The van der Waals surface area contributed by atoms with E-state index in [9.17, 15) is 4.79 Å². The number of nitrogens with zero attached hydrogens (tertiary/aromatic N) is 1. The first-order valence-corrected chi connectivity index (χ1v) is 6.15. The maximum Gasteiger partial charge on any atom is 0.227 e. The van der Waals surface area contributed by atoms with Crippen molar-refractivity contribution in [1.29, 1.82) is 0 Å². The molecule has 2 heterocycles. The number of amides is 1. The van der Waals surface area contributed by atoms with Crippen LogP contribution in [0, 0.1) is 5.92 Å². The highest BCUT2D eigenvalue weighted by Gasteiger charge is 2.22. The largest absolute Gasteiger partial charge is 0.381 e. The summed E-state index contributed by atoms with van der Waals surface area (Å²) in [5.41, 5.74) is 1.75. The van der Waals surface area contributed by atoms with Crippen LogP contribution >= 0.6 is 0 Å². The number of aromatic amines is 1. The highest BCUT2D eigenvalue weighted by Crippen LogP contribution is 2.23. The van der Waals surface area contributed by atoms with E-state index >= 15 is 0 Å². The number of rotatable bonds is 2. The van der Waals surface area contributed by atoms with E-state index in [1.807, 2.05) is 18.2 Å². The molecule has 1 amide bonds. The molecule has 0 unspecified atom stereocenters. The predicted molar refractivity (Wildman–Crippen MR) is 68.3 cm³/mol. The van der Waals surface area contributed by atoms with Crippen LogP contribution in [0.25, 0.3) is 10.9 Å². The Bertz CT molecular complexity index is 558. The van der Waals surface area contributed by atoms with Crippen LogP contribution in [0.4, 0.5) is 5.69 Å². The average Bonchev–Trinajstić information content (AvgIpc) is 2.89. The minimum absolute atomic E-state index is 0.0564. The molecule has 0 bridgehead atoms. The molecule has 3 rings (SSSR count). The number of anilines is 1. The van der Waals surface area contributed by atoms with Gasteiger partial charge >= 0.3 is 0 Å². The Morgan fingerprint density at radius 1 is 1.39 bits per heavy atom. The second kappa shape index (κ2) is 4.78. The monoisotopic (exact) mass is 245 g/mol. The number of benzene rings is 1. The van der Waals surface area contributed by atoms with Gasteiger partial charge in [-0.25, -0.2) is 0 Å². The number of nitrogens with one attached hydrogen (secondary N) is 2. The summed E-state index contributed by atoms with van der Waals surface area (Å²) in [6, 6.07) is 5.74. The third kappa shape index (κ3) is 2.09. The molecule has 0 saturated carbocycles. The highest BCUT2D eigenvalue weighted by atomic mass is 16.5. The average molecular weight is 245 g/mol. The second-order valence-corrected chi connectivity index (χ2v) is 4.51. The highest BCUT2D eigenvalue weighted by molar-refractivity contribution is 6.01. The standard InChI is InChI=1S/C13H15N3O2/c17-13(9-4-6-18-7-5-9)15-11-2-1-3-12-10(11)8-14-16-12/h1-3,8-9H,4-7H2,(H,14,16)(H,15,17). The fourth-order valence-corrected chi connectivity index (χ4v) is 2.27. The molecule has 2 aromatic rings. The molecule has 0 radical (unpaired) electrons. The quantitative estimate of drug-likeness (QED) is 0.849. The van der Waals surface area contributed by atoms with E-state index in [-0.39, 0.29) is 11.8 Å². The van der Waals surface area contributed by atoms with Crippen molar-refractivity contribution in [3.05, 3.63) is 24.4 Å². The van der Waals surface area contributed by atoms with Gasteiger partial charge in [0.1, 0.15) is 0 Å². The van der Waals surface area contributed by atoms with Gasteiger partial charge in [0.2, 0.25) is 5.91 Å². The van der Waals surface area contributed by atoms with E-state index in [2.05, 4.69) is 15.5 Å². The molecule has 5 heteroatoms. The van der Waals surface area contributed by atoms with Gasteiger partial charge in [0.25, 0.3) is 0 Å². The lowest BCUT2D eigenvalue weighted by molar-refractivity contribution is -0.122. The lowest BCUT2D eigenvalue weighted by Crippen LogP contribution is -2.28. The van der Waals surface area contributed by atoms with Crippen molar-refractivity contribution in [2.45, 2.75) is 12.8 Å². The molecule has 1 aliphatic rings. The summed E-state index contributed by atoms with van der Waals surface area (Å²) < 4.78 is 5.26. The summed E-state index contributed by atoms with van der Waals surface area (Å²) in [4.78, 5) is 12.1. The van der Waals surface area contributed by atoms with Gasteiger partial charge in [-0.3, -0.25) is 9.89 Å². The lowest BCUT2D eigenvalue weighted by atomic mass is 9.99. The maximum atomic E-state index is 12.1. The summed E-state index contributed by atoms with van der Waals surface area (Å²) in [5.74, 6) is 0.132. The Morgan fingerprint density at radius 3 is 3.06 bits per heavy atom. The number of fused-ring (bicyclic) bond motifs is 1. The third-order valence-electron chi connectivity index (χ3n) is 3.33. The second-order valence-electron chi connectivity index (χ2n) is 4.51. The Labute approximate surface area is 105 Å². The van der Waals surface area contributed by atoms with Crippen LogP contribution in [-0.2, 0) is 9.53 Å². The lowest BCUT2D eigenvalue weighted by Gasteiger charge is -2.21. The van der Waals surface area contributed by atoms with E-state index in [0.717, 1.165) is 29.4 Å².